The number of halogens is 1. The molecule has 0 fully saturated rings. The molecule has 0 bridgehead atoms. The molecule has 3 heterocycles. The fourth-order valence-electron chi connectivity index (χ4n) is 2.25. The molecule has 7 heteroatoms. The number of nitrogens with zero attached hydrogens (tertiary/aromatic N) is 4. The highest BCUT2D eigenvalue weighted by molar-refractivity contribution is 7.13. The maximum Gasteiger partial charge on any atom is 0.273 e. The predicted molar refractivity (Wildman–Crippen MR) is 100 cm³/mol. The van der Waals surface area contributed by atoms with Gasteiger partial charge in [-0.05, 0) is 39.0 Å². The zero-order valence-electron chi connectivity index (χ0n) is 15.0. The third-order valence-corrected chi connectivity index (χ3v) is 4.95. The molecule has 0 aliphatic rings. The topological polar surface area (TPSA) is 59.0 Å². The largest absolute Gasteiger partial charge is 0.336 e. The molecule has 0 saturated carbocycles. The number of hydrogen-bond acceptors (Lipinski definition) is 5. The predicted octanol–water partition coefficient (Wildman–Crippen LogP) is 4.28. The maximum atomic E-state index is 13.8. The maximum absolute atomic E-state index is 13.8. The van der Waals surface area contributed by atoms with Crippen LogP contribution in [0, 0.1) is 5.95 Å². The molecule has 0 aliphatic heterocycles. The first-order valence-electron chi connectivity index (χ1n) is 8.08. The first-order valence-corrected chi connectivity index (χ1v) is 8.96. The van der Waals surface area contributed by atoms with Gasteiger partial charge in [-0.2, -0.15) is 4.39 Å². The van der Waals surface area contributed by atoms with Crippen molar-refractivity contribution in [2.75, 3.05) is 7.05 Å². The normalized spacial score (nSPS) is 11.4. The molecule has 1 amide bonds. The van der Waals surface area contributed by atoms with Gasteiger partial charge in [-0.1, -0.05) is 6.07 Å². The summed E-state index contributed by atoms with van der Waals surface area (Å²) in [6.45, 7) is 5.90. The Bertz CT molecular complexity index is 931. The Morgan fingerprint density at radius 3 is 2.58 bits per heavy atom. The third kappa shape index (κ3) is 3.62. The van der Waals surface area contributed by atoms with Crippen molar-refractivity contribution in [3.63, 3.8) is 0 Å². The first-order chi connectivity index (χ1) is 12.3. The van der Waals surface area contributed by atoms with E-state index in [0.29, 0.717) is 27.5 Å². The number of carbonyl (C=O) groups excluding carboxylic acids is 1. The monoisotopic (exact) mass is 370 g/mol. The van der Waals surface area contributed by atoms with E-state index in [1.807, 2.05) is 20.8 Å². The Morgan fingerprint density at radius 1 is 1.19 bits per heavy atom. The van der Waals surface area contributed by atoms with Crippen LogP contribution in [0.5, 0.6) is 0 Å². The van der Waals surface area contributed by atoms with Crippen molar-refractivity contribution in [3.05, 3.63) is 53.7 Å². The summed E-state index contributed by atoms with van der Waals surface area (Å²) in [5.74, 6) is -0.663. The van der Waals surface area contributed by atoms with E-state index in [4.69, 9.17) is 0 Å². The molecule has 5 nitrogen and oxygen atoms in total. The number of rotatable bonds is 3. The second-order valence-electron chi connectivity index (χ2n) is 6.85. The molecule has 0 atom stereocenters. The summed E-state index contributed by atoms with van der Waals surface area (Å²) < 4.78 is 13.8. The first kappa shape index (κ1) is 18.1. The average Bonchev–Trinajstić information content (AvgIpc) is 3.10. The van der Waals surface area contributed by atoms with Gasteiger partial charge in [0.05, 0.1) is 5.69 Å². The fourth-order valence-corrected chi connectivity index (χ4v) is 3.02. The summed E-state index contributed by atoms with van der Waals surface area (Å²) in [7, 11) is 1.76. The Balaban J connectivity index is 1.84. The zero-order chi connectivity index (χ0) is 18.9. The molecule has 3 aromatic heterocycles. The molecule has 3 aromatic rings. The molecule has 0 unspecified atom stereocenters. The number of thiazole rings is 1. The molecule has 0 radical (unpaired) electrons. The second-order valence-corrected chi connectivity index (χ2v) is 7.70. The van der Waals surface area contributed by atoms with Gasteiger partial charge in [0.25, 0.3) is 5.91 Å². The van der Waals surface area contributed by atoms with Gasteiger partial charge < -0.3 is 4.90 Å². The van der Waals surface area contributed by atoms with E-state index >= 15 is 0 Å². The lowest BCUT2D eigenvalue weighted by atomic mass is 10.1. The van der Waals surface area contributed by atoms with Crippen molar-refractivity contribution in [1.29, 1.82) is 0 Å². The van der Waals surface area contributed by atoms with Crippen LogP contribution in [0.2, 0.25) is 0 Å². The van der Waals surface area contributed by atoms with Crippen LogP contribution in [0.15, 0.2) is 42.0 Å². The molecule has 0 N–H and O–H groups in total. The molecule has 0 aromatic carbocycles. The summed E-state index contributed by atoms with van der Waals surface area (Å²) in [6, 6.07) is 6.87. The standard InChI is InChI=1S/C19H19FN4OS/c1-19(2,3)24(4)18(25)15-11-26-17(23-15)14-8-7-12(10-22-14)13-6-5-9-21-16(13)20/h5-11H,1-4H3. The Labute approximate surface area is 155 Å². The SMILES string of the molecule is CN(C(=O)c1csc(-c2ccc(-c3cccnc3F)cn2)n1)C(C)(C)C. The van der Waals surface area contributed by atoms with Gasteiger partial charge in [0.2, 0.25) is 5.95 Å². The lowest BCUT2D eigenvalue weighted by Crippen LogP contribution is -2.42. The van der Waals surface area contributed by atoms with Crippen molar-refractivity contribution >= 4 is 17.2 Å². The van der Waals surface area contributed by atoms with Crippen molar-refractivity contribution in [2.45, 2.75) is 26.3 Å². The summed E-state index contributed by atoms with van der Waals surface area (Å²) in [4.78, 5) is 26.6. The van der Waals surface area contributed by atoms with Crippen molar-refractivity contribution in [3.8, 4) is 21.8 Å². The van der Waals surface area contributed by atoms with Crippen LogP contribution in [0.25, 0.3) is 21.8 Å². The van der Waals surface area contributed by atoms with Crippen molar-refractivity contribution in [1.82, 2.24) is 19.9 Å². The number of carbonyl (C=O) groups is 1. The van der Waals surface area contributed by atoms with Gasteiger partial charge in [0.1, 0.15) is 10.7 Å². The minimum atomic E-state index is -0.533. The van der Waals surface area contributed by atoms with Crippen LogP contribution < -0.4 is 0 Å². The Kier molecular flexibility index (Phi) is 4.82. The summed E-state index contributed by atoms with van der Waals surface area (Å²) in [6.07, 6.45) is 2.99. The van der Waals surface area contributed by atoms with Gasteiger partial charge in [-0.3, -0.25) is 9.78 Å². The Morgan fingerprint density at radius 2 is 1.96 bits per heavy atom. The van der Waals surface area contributed by atoms with Crippen molar-refractivity contribution in [2.24, 2.45) is 0 Å². The molecular formula is C19H19FN4OS. The van der Waals surface area contributed by atoms with E-state index in [9.17, 15) is 9.18 Å². The van der Waals surface area contributed by atoms with Gasteiger partial charge >= 0.3 is 0 Å². The third-order valence-electron chi connectivity index (χ3n) is 4.09. The number of pyridine rings is 2. The Hall–Kier alpha value is -2.67. The molecule has 0 saturated heterocycles. The number of amides is 1. The zero-order valence-corrected chi connectivity index (χ0v) is 15.8. The highest BCUT2D eigenvalue weighted by Gasteiger charge is 2.25. The quantitative estimate of drug-likeness (QED) is 0.646. The summed E-state index contributed by atoms with van der Waals surface area (Å²) in [5, 5.41) is 2.38. The van der Waals surface area contributed by atoms with Crippen molar-refractivity contribution < 1.29 is 9.18 Å². The van der Waals surface area contributed by atoms with Crippen LogP contribution in [-0.4, -0.2) is 38.3 Å². The van der Waals surface area contributed by atoms with Gasteiger partial charge in [0.15, 0.2) is 0 Å². The van der Waals surface area contributed by atoms with Crippen LogP contribution >= 0.6 is 11.3 Å². The highest BCUT2D eigenvalue weighted by atomic mass is 32.1. The van der Waals surface area contributed by atoms with Crippen LogP contribution in [0.3, 0.4) is 0 Å². The average molecular weight is 370 g/mol. The number of hydrogen-bond donors (Lipinski definition) is 0. The molecular weight excluding hydrogens is 351 g/mol. The van der Waals surface area contributed by atoms with E-state index in [0.717, 1.165) is 0 Å². The van der Waals surface area contributed by atoms with Gasteiger partial charge in [0, 0.05) is 41.5 Å². The highest BCUT2D eigenvalue weighted by Crippen LogP contribution is 2.26. The lowest BCUT2D eigenvalue weighted by molar-refractivity contribution is 0.0650. The van der Waals surface area contributed by atoms with Crippen LogP contribution in [0.1, 0.15) is 31.3 Å². The van der Waals surface area contributed by atoms with Gasteiger partial charge in [-0.25, -0.2) is 9.97 Å². The number of aromatic nitrogens is 3. The minimum Gasteiger partial charge on any atom is -0.336 e. The smallest absolute Gasteiger partial charge is 0.273 e. The molecule has 134 valence electrons. The minimum absolute atomic E-state index is 0.131. The van der Waals surface area contributed by atoms with E-state index in [1.165, 1.54) is 17.5 Å². The van der Waals surface area contributed by atoms with E-state index in [1.54, 1.807) is 47.8 Å². The van der Waals surface area contributed by atoms with E-state index < -0.39 is 5.95 Å². The van der Waals surface area contributed by atoms with Gasteiger partial charge in [-0.15, -0.1) is 11.3 Å². The molecule has 0 aliphatic carbocycles. The molecule has 26 heavy (non-hydrogen) atoms. The van der Waals surface area contributed by atoms with Crippen LogP contribution in [0.4, 0.5) is 4.39 Å². The van der Waals surface area contributed by atoms with E-state index in [-0.39, 0.29) is 11.4 Å². The molecule has 3 rings (SSSR count). The lowest BCUT2D eigenvalue weighted by Gasteiger charge is -2.31. The van der Waals surface area contributed by atoms with E-state index in [2.05, 4.69) is 15.0 Å². The fraction of sp³-hybridized carbons (Fsp3) is 0.263. The van der Waals surface area contributed by atoms with Crippen LogP contribution in [-0.2, 0) is 0 Å². The summed E-state index contributed by atoms with van der Waals surface area (Å²) >= 11 is 1.36. The summed E-state index contributed by atoms with van der Waals surface area (Å²) in [5.41, 5.74) is 1.79. The molecule has 0 spiro atoms. The second kappa shape index (κ2) is 6.92.